The third-order valence-corrected chi connectivity index (χ3v) is 6.30. The quantitative estimate of drug-likeness (QED) is 0.553. The van der Waals surface area contributed by atoms with Crippen LogP contribution in [-0.4, -0.2) is 40.1 Å². The fraction of sp³-hybridized carbons (Fsp3) is 0.423. The molecule has 2 atom stereocenters. The number of hydrogen-bond acceptors (Lipinski definition) is 5. The zero-order valence-corrected chi connectivity index (χ0v) is 20.3. The van der Waals surface area contributed by atoms with Gasteiger partial charge in [-0.25, -0.2) is 13.8 Å². The fourth-order valence-corrected chi connectivity index (χ4v) is 4.67. The number of fused-ring (bicyclic) bond motifs is 1. The van der Waals surface area contributed by atoms with Gasteiger partial charge < -0.3 is 9.47 Å². The van der Waals surface area contributed by atoms with Crippen LogP contribution in [0.15, 0.2) is 41.2 Å². The van der Waals surface area contributed by atoms with Crippen molar-refractivity contribution in [3.63, 3.8) is 0 Å². The van der Waals surface area contributed by atoms with Crippen LogP contribution in [-0.2, 0) is 7.05 Å². The summed E-state index contributed by atoms with van der Waals surface area (Å²) in [5.74, 6) is -1.11. The summed E-state index contributed by atoms with van der Waals surface area (Å²) in [7, 11) is 1.69. The summed E-state index contributed by atoms with van der Waals surface area (Å²) >= 11 is 0. The lowest BCUT2D eigenvalue weighted by molar-refractivity contribution is 0.157. The lowest BCUT2D eigenvalue weighted by atomic mass is 9.99. The molecular formula is C26H31F2N5O. The Bertz CT molecular complexity index is 1270. The summed E-state index contributed by atoms with van der Waals surface area (Å²) in [6.45, 7) is 9.95. The molecule has 0 saturated carbocycles. The number of halogens is 2. The van der Waals surface area contributed by atoms with Crippen LogP contribution in [0, 0.1) is 23.0 Å². The van der Waals surface area contributed by atoms with Crippen molar-refractivity contribution in [3.05, 3.63) is 69.6 Å². The molecule has 0 spiro atoms. The Morgan fingerprint density at radius 3 is 2.53 bits per heavy atom. The maximum atomic E-state index is 14.5. The minimum atomic E-state index is -0.582. The number of nitrogens with zero attached hydrogens (tertiary/aromatic N) is 5. The fourth-order valence-electron chi connectivity index (χ4n) is 4.67. The smallest absolute Gasteiger partial charge is 0.252 e. The summed E-state index contributed by atoms with van der Waals surface area (Å²) in [4.78, 5) is 21.4. The van der Waals surface area contributed by atoms with Gasteiger partial charge in [-0.05, 0) is 31.5 Å². The highest BCUT2D eigenvalue weighted by atomic mass is 19.1. The molecule has 1 saturated heterocycles. The Labute approximate surface area is 199 Å². The third kappa shape index (κ3) is 4.80. The highest BCUT2D eigenvalue weighted by Gasteiger charge is 2.31. The lowest BCUT2D eigenvalue weighted by Gasteiger charge is -2.44. The van der Waals surface area contributed by atoms with Gasteiger partial charge in [0.2, 0.25) is 0 Å². The molecule has 34 heavy (non-hydrogen) atoms. The van der Waals surface area contributed by atoms with Gasteiger partial charge in [0.05, 0.1) is 11.2 Å². The molecule has 1 aliphatic heterocycles. The van der Waals surface area contributed by atoms with Gasteiger partial charge >= 0.3 is 0 Å². The van der Waals surface area contributed by atoms with Gasteiger partial charge in [0.25, 0.3) is 5.56 Å². The summed E-state index contributed by atoms with van der Waals surface area (Å²) < 4.78 is 29.4. The molecule has 0 bridgehead atoms. The van der Waals surface area contributed by atoms with Crippen molar-refractivity contribution in [2.24, 2.45) is 7.05 Å². The normalized spacial score (nSPS) is 17.1. The molecule has 3 heterocycles. The molecule has 8 heteroatoms. The Kier molecular flexibility index (Phi) is 8.00. The number of nitriles is 1. The van der Waals surface area contributed by atoms with Gasteiger partial charge in [-0.2, -0.15) is 5.26 Å². The first-order valence-corrected chi connectivity index (χ1v) is 11.7. The first-order valence-electron chi connectivity index (χ1n) is 11.7. The Morgan fingerprint density at radius 1 is 1.18 bits per heavy atom. The van der Waals surface area contributed by atoms with E-state index in [-0.39, 0.29) is 17.6 Å². The lowest BCUT2D eigenvalue weighted by Crippen LogP contribution is -2.53. The molecule has 1 aromatic carbocycles. The van der Waals surface area contributed by atoms with Gasteiger partial charge in [-0.3, -0.25) is 9.69 Å². The second-order valence-electron chi connectivity index (χ2n) is 8.23. The Hall–Kier alpha value is -3.31. The minimum Gasteiger partial charge on any atom is -0.364 e. The first-order chi connectivity index (χ1) is 16.3. The standard InChI is InChI=1S/C24H25F2N5O.C2H6/c1-4-20(18-7-5-16(25)11-19(18)26)30-9-10-31(15(2)14-30)22-12-23(32)29(3)21-8-6-17(13-27)28-24(21)22;1-2/h5-8,11-12,15,20H,4,9-10,14H2,1-3H3;1-2H3. The van der Waals surface area contributed by atoms with E-state index in [2.05, 4.69) is 27.8 Å². The molecule has 0 aliphatic carbocycles. The van der Waals surface area contributed by atoms with Crippen LogP contribution in [0.5, 0.6) is 0 Å². The zero-order chi connectivity index (χ0) is 25.0. The van der Waals surface area contributed by atoms with Gasteiger partial charge in [0.1, 0.15) is 28.9 Å². The summed E-state index contributed by atoms with van der Waals surface area (Å²) in [5, 5.41) is 9.29. The van der Waals surface area contributed by atoms with E-state index >= 15 is 0 Å². The van der Waals surface area contributed by atoms with Crippen LogP contribution in [0.3, 0.4) is 0 Å². The molecule has 2 unspecified atom stereocenters. The van der Waals surface area contributed by atoms with Crippen LogP contribution in [0.1, 0.15) is 51.4 Å². The predicted octanol–water partition coefficient (Wildman–Crippen LogP) is 4.77. The highest BCUT2D eigenvalue weighted by molar-refractivity contribution is 5.88. The van der Waals surface area contributed by atoms with Crippen LogP contribution >= 0.6 is 0 Å². The van der Waals surface area contributed by atoms with E-state index in [0.717, 1.165) is 6.07 Å². The van der Waals surface area contributed by atoms with Gasteiger partial charge in [0.15, 0.2) is 0 Å². The molecule has 3 aromatic rings. The number of pyridine rings is 2. The third-order valence-electron chi connectivity index (χ3n) is 6.30. The maximum Gasteiger partial charge on any atom is 0.252 e. The number of aryl methyl sites for hydroxylation is 1. The van der Waals surface area contributed by atoms with Crippen molar-refractivity contribution < 1.29 is 8.78 Å². The van der Waals surface area contributed by atoms with Crippen LogP contribution < -0.4 is 10.5 Å². The van der Waals surface area contributed by atoms with Gasteiger partial charge in [0, 0.05) is 56.5 Å². The van der Waals surface area contributed by atoms with Gasteiger partial charge in [-0.15, -0.1) is 0 Å². The van der Waals surface area contributed by atoms with E-state index in [1.165, 1.54) is 16.7 Å². The molecule has 0 amide bonds. The number of rotatable bonds is 4. The Morgan fingerprint density at radius 2 is 1.91 bits per heavy atom. The number of aromatic nitrogens is 2. The number of benzene rings is 1. The second-order valence-corrected chi connectivity index (χ2v) is 8.23. The van der Waals surface area contributed by atoms with Crippen molar-refractivity contribution in [2.45, 2.75) is 46.2 Å². The van der Waals surface area contributed by atoms with Crippen LogP contribution in [0.2, 0.25) is 0 Å². The van der Waals surface area contributed by atoms with Crippen LogP contribution in [0.4, 0.5) is 14.5 Å². The van der Waals surface area contributed by atoms with E-state index in [9.17, 15) is 18.8 Å². The van der Waals surface area contributed by atoms with Crippen molar-refractivity contribution in [3.8, 4) is 6.07 Å². The Balaban J connectivity index is 0.00000158. The largest absolute Gasteiger partial charge is 0.364 e. The molecule has 2 aromatic heterocycles. The van der Waals surface area contributed by atoms with Crippen molar-refractivity contribution in [1.29, 1.82) is 5.26 Å². The van der Waals surface area contributed by atoms with Gasteiger partial charge in [-0.1, -0.05) is 26.8 Å². The molecule has 4 rings (SSSR count). The molecule has 180 valence electrons. The summed E-state index contributed by atoms with van der Waals surface area (Å²) in [5.41, 5.74) is 2.63. The van der Waals surface area contributed by atoms with Crippen LogP contribution in [0.25, 0.3) is 11.0 Å². The van der Waals surface area contributed by atoms with E-state index < -0.39 is 11.6 Å². The average Bonchev–Trinajstić information content (AvgIpc) is 2.84. The molecule has 1 aliphatic rings. The number of hydrogen-bond donors (Lipinski definition) is 0. The monoisotopic (exact) mass is 467 g/mol. The maximum absolute atomic E-state index is 14.5. The average molecular weight is 468 g/mol. The first kappa shape index (κ1) is 25.3. The minimum absolute atomic E-state index is 0.0177. The SMILES string of the molecule is CC.CCC(c1ccc(F)cc1F)N1CCN(c2cc(=O)n(C)c3ccc(C#N)nc23)C(C)C1. The van der Waals surface area contributed by atoms with Crippen molar-refractivity contribution >= 4 is 16.7 Å². The summed E-state index contributed by atoms with van der Waals surface area (Å²) in [6, 6.07) is 10.6. The second kappa shape index (κ2) is 10.7. The molecule has 6 nitrogen and oxygen atoms in total. The highest BCUT2D eigenvalue weighted by Crippen LogP contribution is 2.32. The van der Waals surface area contributed by atoms with E-state index in [4.69, 9.17) is 0 Å². The number of piperazine rings is 1. The summed E-state index contributed by atoms with van der Waals surface area (Å²) in [6.07, 6.45) is 0.692. The molecular weight excluding hydrogens is 436 g/mol. The predicted molar refractivity (Wildman–Crippen MR) is 131 cm³/mol. The van der Waals surface area contributed by atoms with E-state index in [1.807, 2.05) is 20.8 Å². The zero-order valence-electron chi connectivity index (χ0n) is 20.3. The van der Waals surface area contributed by atoms with Crippen molar-refractivity contribution in [1.82, 2.24) is 14.5 Å². The van der Waals surface area contributed by atoms with E-state index in [1.54, 1.807) is 25.2 Å². The molecule has 1 fully saturated rings. The number of anilines is 1. The topological polar surface area (TPSA) is 65.2 Å². The van der Waals surface area contributed by atoms with E-state index in [0.29, 0.717) is 54.0 Å². The van der Waals surface area contributed by atoms with Crippen molar-refractivity contribution in [2.75, 3.05) is 24.5 Å². The molecule has 0 N–H and O–H groups in total. The molecule has 0 radical (unpaired) electrons.